The summed E-state index contributed by atoms with van der Waals surface area (Å²) in [7, 11) is 0. The Morgan fingerprint density at radius 3 is 2.73 bits per heavy atom. The van der Waals surface area contributed by atoms with E-state index in [9.17, 15) is 4.79 Å². The summed E-state index contributed by atoms with van der Waals surface area (Å²) in [5.74, 6) is -0.0261. The highest BCUT2D eigenvalue weighted by Crippen LogP contribution is 2.12. The molecule has 1 aromatic carbocycles. The molecule has 15 heavy (non-hydrogen) atoms. The molecule has 82 valence electrons. The molecule has 0 fully saturated rings. The molecule has 0 saturated heterocycles. The van der Waals surface area contributed by atoms with Gasteiger partial charge in [-0.2, -0.15) is 0 Å². The van der Waals surface area contributed by atoms with Gasteiger partial charge in [-0.15, -0.1) is 0 Å². The quantitative estimate of drug-likeness (QED) is 0.744. The standard InChI is InChI=1S/C12H18N2O/c1-4-9(3)14-12(15)11-6-5-10(13)7-8(11)2/h5-7,9H,4,13H2,1-3H3,(H,14,15). The van der Waals surface area contributed by atoms with Crippen molar-refractivity contribution in [1.82, 2.24) is 5.32 Å². The van der Waals surface area contributed by atoms with Crippen LogP contribution in [0.25, 0.3) is 0 Å². The third kappa shape index (κ3) is 2.98. The summed E-state index contributed by atoms with van der Waals surface area (Å²) in [6, 6.07) is 5.53. The maximum atomic E-state index is 11.8. The number of nitrogens with two attached hydrogens (primary N) is 1. The first-order chi connectivity index (χ1) is 7.04. The lowest BCUT2D eigenvalue weighted by Crippen LogP contribution is -2.32. The summed E-state index contributed by atoms with van der Waals surface area (Å²) in [6.07, 6.45) is 0.930. The van der Waals surface area contributed by atoms with Gasteiger partial charge in [-0.25, -0.2) is 0 Å². The minimum atomic E-state index is -0.0261. The Morgan fingerprint density at radius 2 is 2.20 bits per heavy atom. The molecule has 1 unspecified atom stereocenters. The van der Waals surface area contributed by atoms with E-state index in [1.807, 2.05) is 26.8 Å². The number of carbonyl (C=O) groups is 1. The number of nitrogen functional groups attached to an aromatic ring is 1. The van der Waals surface area contributed by atoms with E-state index in [0.29, 0.717) is 11.3 Å². The van der Waals surface area contributed by atoms with Crippen molar-refractivity contribution in [3.63, 3.8) is 0 Å². The molecule has 3 nitrogen and oxygen atoms in total. The van der Waals surface area contributed by atoms with Crippen LogP contribution < -0.4 is 11.1 Å². The van der Waals surface area contributed by atoms with E-state index < -0.39 is 0 Å². The Kier molecular flexibility index (Phi) is 3.72. The van der Waals surface area contributed by atoms with Gasteiger partial charge in [-0.3, -0.25) is 4.79 Å². The molecule has 0 aromatic heterocycles. The second kappa shape index (κ2) is 4.82. The zero-order valence-electron chi connectivity index (χ0n) is 9.50. The molecule has 0 spiro atoms. The van der Waals surface area contributed by atoms with Gasteiger partial charge in [-0.1, -0.05) is 6.92 Å². The van der Waals surface area contributed by atoms with Crippen molar-refractivity contribution in [2.75, 3.05) is 5.73 Å². The topological polar surface area (TPSA) is 55.1 Å². The molecule has 0 saturated carbocycles. The first-order valence-electron chi connectivity index (χ1n) is 5.21. The van der Waals surface area contributed by atoms with Gasteiger partial charge in [-0.05, 0) is 44.0 Å². The second-order valence-electron chi connectivity index (χ2n) is 3.86. The van der Waals surface area contributed by atoms with Crippen molar-refractivity contribution in [2.45, 2.75) is 33.2 Å². The largest absolute Gasteiger partial charge is 0.399 e. The van der Waals surface area contributed by atoms with Gasteiger partial charge in [0.2, 0.25) is 0 Å². The molecule has 3 heteroatoms. The number of nitrogens with one attached hydrogen (secondary N) is 1. The van der Waals surface area contributed by atoms with Crippen LogP contribution >= 0.6 is 0 Å². The predicted octanol–water partition coefficient (Wildman–Crippen LogP) is 2.11. The van der Waals surface area contributed by atoms with E-state index in [0.717, 1.165) is 12.0 Å². The van der Waals surface area contributed by atoms with E-state index in [1.165, 1.54) is 0 Å². The number of rotatable bonds is 3. The molecular weight excluding hydrogens is 188 g/mol. The lowest BCUT2D eigenvalue weighted by atomic mass is 10.1. The maximum Gasteiger partial charge on any atom is 0.251 e. The van der Waals surface area contributed by atoms with Crippen LogP contribution in [0.5, 0.6) is 0 Å². The van der Waals surface area contributed by atoms with E-state index in [-0.39, 0.29) is 11.9 Å². The van der Waals surface area contributed by atoms with Crippen LogP contribution in [0.1, 0.15) is 36.2 Å². The fraction of sp³-hybridized carbons (Fsp3) is 0.417. The smallest absolute Gasteiger partial charge is 0.251 e. The summed E-state index contributed by atoms with van der Waals surface area (Å²) >= 11 is 0. The Labute approximate surface area is 90.7 Å². The number of carbonyl (C=O) groups excluding carboxylic acids is 1. The average molecular weight is 206 g/mol. The minimum Gasteiger partial charge on any atom is -0.399 e. The van der Waals surface area contributed by atoms with Crippen molar-refractivity contribution in [3.8, 4) is 0 Å². The minimum absolute atomic E-state index is 0.0261. The number of amides is 1. The lowest BCUT2D eigenvalue weighted by molar-refractivity contribution is 0.0938. The Hall–Kier alpha value is -1.51. The summed E-state index contributed by atoms with van der Waals surface area (Å²) < 4.78 is 0. The summed E-state index contributed by atoms with van der Waals surface area (Å²) in [4.78, 5) is 11.8. The molecule has 1 rings (SSSR count). The van der Waals surface area contributed by atoms with Gasteiger partial charge < -0.3 is 11.1 Å². The van der Waals surface area contributed by atoms with Crippen LogP contribution in [0.2, 0.25) is 0 Å². The molecule has 3 N–H and O–H groups in total. The summed E-state index contributed by atoms with van der Waals surface area (Å²) in [6.45, 7) is 5.92. The van der Waals surface area contributed by atoms with E-state index >= 15 is 0 Å². The van der Waals surface area contributed by atoms with Crippen molar-refractivity contribution >= 4 is 11.6 Å². The Bertz CT molecular complexity index is 361. The number of hydrogen-bond donors (Lipinski definition) is 2. The highest BCUT2D eigenvalue weighted by molar-refractivity contribution is 5.96. The average Bonchev–Trinajstić information content (AvgIpc) is 2.17. The SMILES string of the molecule is CCC(C)NC(=O)c1ccc(N)cc1C. The molecule has 1 atom stereocenters. The third-order valence-corrected chi connectivity index (χ3v) is 2.48. The van der Waals surface area contributed by atoms with Crippen molar-refractivity contribution in [3.05, 3.63) is 29.3 Å². The van der Waals surface area contributed by atoms with Gasteiger partial charge in [0.1, 0.15) is 0 Å². The number of benzene rings is 1. The third-order valence-electron chi connectivity index (χ3n) is 2.48. The van der Waals surface area contributed by atoms with Crippen molar-refractivity contribution in [1.29, 1.82) is 0 Å². The Morgan fingerprint density at radius 1 is 1.53 bits per heavy atom. The summed E-state index contributed by atoms with van der Waals surface area (Å²) in [5.41, 5.74) is 7.92. The zero-order valence-corrected chi connectivity index (χ0v) is 9.50. The number of anilines is 1. The molecule has 1 aromatic rings. The van der Waals surface area contributed by atoms with Gasteiger partial charge in [0.25, 0.3) is 5.91 Å². The molecule has 0 aliphatic heterocycles. The molecule has 0 aliphatic rings. The van der Waals surface area contributed by atoms with Crippen LogP contribution in [0, 0.1) is 6.92 Å². The molecule has 0 radical (unpaired) electrons. The Balaban J connectivity index is 2.82. The number of hydrogen-bond acceptors (Lipinski definition) is 2. The molecule has 0 heterocycles. The van der Waals surface area contributed by atoms with Crippen LogP contribution in [0.15, 0.2) is 18.2 Å². The highest BCUT2D eigenvalue weighted by atomic mass is 16.1. The van der Waals surface area contributed by atoms with Crippen LogP contribution in [0.4, 0.5) is 5.69 Å². The first kappa shape index (κ1) is 11.6. The fourth-order valence-corrected chi connectivity index (χ4v) is 1.35. The van der Waals surface area contributed by atoms with E-state index in [1.54, 1.807) is 12.1 Å². The van der Waals surface area contributed by atoms with Crippen LogP contribution in [-0.4, -0.2) is 11.9 Å². The van der Waals surface area contributed by atoms with Crippen molar-refractivity contribution in [2.24, 2.45) is 0 Å². The van der Waals surface area contributed by atoms with Gasteiger partial charge >= 0.3 is 0 Å². The maximum absolute atomic E-state index is 11.8. The fourth-order valence-electron chi connectivity index (χ4n) is 1.35. The number of aryl methyl sites for hydroxylation is 1. The highest BCUT2D eigenvalue weighted by Gasteiger charge is 2.10. The second-order valence-corrected chi connectivity index (χ2v) is 3.86. The first-order valence-corrected chi connectivity index (χ1v) is 5.21. The van der Waals surface area contributed by atoms with Gasteiger partial charge in [0, 0.05) is 17.3 Å². The zero-order chi connectivity index (χ0) is 11.4. The van der Waals surface area contributed by atoms with Gasteiger partial charge in [0.05, 0.1) is 0 Å². The van der Waals surface area contributed by atoms with E-state index in [2.05, 4.69) is 5.32 Å². The van der Waals surface area contributed by atoms with E-state index in [4.69, 9.17) is 5.73 Å². The molecule has 1 amide bonds. The molecular formula is C12H18N2O. The summed E-state index contributed by atoms with van der Waals surface area (Å²) in [5, 5.41) is 2.93. The molecule has 0 aliphatic carbocycles. The van der Waals surface area contributed by atoms with Crippen LogP contribution in [-0.2, 0) is 0 Å². The lowest BCUT2D eigenvalue weighted by Gasteiger charge is -2.12. The monoisotopic (exact) mass is 206 g/mol. The normalized spacial score (nSPS) is 12.2. The molecule has 0 bridgehead atoms. The predicted molar refractivity (Wildman–Crippen MR) is 62.8 cm³/mol. The van der Waals surface area contributed by atoms with Gasteiger partial charge in [0.15, 0.2) is 0 Å². The van der Waals surface area contributed by atoms with Crippen molar-refractivity contribution < 1.29 is 4.79 Å². The van der Waals surface area contributed by atoms with Crippen LogP contribution in [0.3, 0.4) is 0 Å².